The Morgan fingerprint density at radius 2 is 2.03 bits per heavy atom. The van der Waals surface area contributed by atoms with Crippen LogP contribution in [0.4, 0.5) is 5.69 Å². The van der Waals surface area contributed by atoms with Crippen molar-refractivity contribution in [1.82, 2.24) is 5.32 Å². The lowest BCUT2D eigenvalue weighted by atomic mass is 10.2. The van der Waals surface area contributed by atoms with Crippen LogP contribution in [0.3, 0.4) is 0 Å². The van der Waals surface area contributed by atoms with E-state index in [4.69, 9.17) is 21.1 Å². The zero-order valence-corrected chi connectivity index (χ0v) is 18.5. The summed E-state index contributed by atoms with van der Waals surface area (Å²) < 4.78 is 11.2. The second-order valence-corrected chi connectivity index (χ2v) is 8.78. The molecule has 0 aliphatic carbocycles. The Bertz CT molecular complexity index is 930. The van der Waals surface area contributed by atoms with Gasteiger partial charge in [0.15, 0.2) is 17.0 Å². The van der Waals surface area contributed by atoms with E-state index < -0.39 is 0 Å². The molecule has 0 bridgehead atoms. The molecule has 5 nitrogen and oxygen atoms in total. The minimum absolute atomic E-state index is 0.119. The van der Waals surface area contributed by atoms with Gasteiger partial charge >= 0.3 is 0 Å². The number of methoxy groups -OCH3 is 1. The van der Waals surface area contributed by atoms with Gasteiger partial charge in [-0.25, -0.2) is 0 Å². The van der Waals surface area contributed by atoms with Crippen molar-refractivity contribution < 1.29 is 14.3 Å². The van der Waals surface area contributed by atoms with Crippen molar-refractivity contribution in [3.05, 3.63) is 57.5 Å². The molecule has 1 unspecified atom stereocenters. The van der Waals surface area contributed by atoms with Crippen LogP contribution in [-0.2, 0) is 4.79 Å². The van der Waals surface area contributed by atoms with Crippen molar-refractivity contribution >= 4 is 41.0 Å². The van der Waals surface area contributed by atoms with Crippen LogP contribution in [0.25, 0.3) is 6.08 Å². The van der Waals surface area contributed by atoms with Crippen LogP contribution < -0.4 is 20.1 Å². The number of amides is 1. The van der Waals surface area contributed by atoms with Crippen LogP contribution in [0.15, 0.2) is 41.3 Å². The van der Waals surface area contributed by atoms with Crippen LogP contribution in [0.2, 0.25) is 5.02 Å². The van der Waals surface area contributed by atoms with E-state index in [9.17, 15) is 4.79 Å². The Kier molecular flexibility index (Phi) is 6.98. The average molecular weight is 433 g/mol. The lowest BCUT2D eigenvalue weighted by Gasteiger charge is -2.15. The first-order valence-corrected chi connectivity index (χ1v) is 10.6. The van der Waals surface area contributed by atoms with E-state index in [1.54, 1.807) is 7.11 Å². The van der Waals surface area contributed by atoms with E-state index in [-0.39, 0.29) is 11.4 Å². The second-order valence-electron chi connectivity index (χ2n) is 7.20. The van der Waals surface area contributed by atoms with E-state index in [1.807, 2.05) is 49.4 Å². The molecular weight excluding hydrogens is 408 g/mol. The Balaban J connectivity index is 1.73. The van der Waals surface area contributed by atoms with Crippen molar-refractivity contribution in [3.8, 4) is 11.5 Å². The van der Waals surface area contributed by atoms with Gasteiger partial charge in [0, 0.05) is 10.7 Å². The molecular formula is C22H25ClN2O3S. The molecule has 0 saturated carbocycles. The number of carbonyl (C=O) groups is 1. The Hall–Kier alpha value is -2.31. The summed E-state index contributed by atoms with van der Waals surface area (Å²) in [5, 5.41) is 6.90. The fourth-order valence-electron chi connectivity index (χ4n) is 2.76. The standard InChI is InChI=1S/C22H25ClN2O3S/c1-13(2)12-28-18-8-6-15(9-19(18)27-4)10-20-21(26)25-22(29-20)24-17-11-16(23)7-5-14(17)3/h5-11,13,22,24H,12H2,1-4H3,(H,25,26)/b20-10-. The van der Waals surface area contributed by atoms with Crippen LogP contribution in [0.5, 0.6) is 11.5 Å². The van der Waals surface area contributed by atoms with Crippen LogP contribution in [-0.4, -0.2) is 25.1 Å². The largest absolute Gasteiger partial charge is 0.493 e. The molecule has 0 spiro atoms. The lowest BCUT2D eigenvalue weighted by Crippen LogP contribution is -2.31. The van der Waals surface area contributed by atoms with Gasteiger partial charge in [0.25, 0.3) is 5.91 Å². The molecule has 154 valence electrons. The Morgan fingerprint density at radius 1 is 1.24 bits per heavy atom. The maximum Gasteiger partial charge on any atom is 0.260 e. The van der Waals surface area contributed by atoms with Crippen molar-refractivity contribution in [2.75, 3.05) is 19.0 Å². The average Bonchev–Trinajstić information content (AvgIpc) is 3.02. The Morgan fingerprint density at radius 3 is 2.76 bits per heavy atom. The van der Waals surface area contributed by atoms with E-state index >= 15 is 0 Å². The molecule has 2 aromatic carbocycles. The number of halogens is 1. The molecule has 0 aromatic heterocycles. The van der Waals surface area contributed by atoms with E-state index in [1.165, 1.54) is 11.8 Å². The van der Waals surface area contributed by atoms with Crippen molar-refractivity contribution in [2.24, 2.45) is 5.92 Å². The fourth-order valence-corrected chi connectivity index (χ4v) is 3.91. The molecule has 1 atom stereocenters. The van der Waals surface area contributed by atoms with Crippen LogP contribution >= 0.6 is 23.4 Å². The second kappa shape index (κ2) is 9.46. The highest BCUT2D eigenvalue weighted by atomic mass is 35.5. The number of nitrogens with one attached hydrogen (secondary N) is 2. The lowest BCUT2D eigenvalue weighted by molar-refractivity contribution is -0.116. The highest BCUT2D eigenvalue weighted by Crippen LogP contribution is 2.34. The van der Waals surface area contributed by atoms with E-state index in [0.29, 0.717) is 34.0 Å². The molecule has 1 saturated heterocycles. The highest BCUT2D eigenvalue weighted by molar-refractivity contribution is 8.05. The maximum absolute atomic E-state index is 12.4. The first kappa shape index (κ1) is 21.4. The zero-order chi connectivity index (χ0) is 21.0. The number of rotatable bonds is 7. The molecule has 7 heteroatoms. The summed E-state index contributed by atoms with van der Waals surface area (Å²) in [4.78, 5) is 13.0. The summed E-state index contributed by atoms with van der Waals surface area (Å²) in [6.45, 7) is 6.80. The fraction of sp³-hybridized carbons (Fsp3) is 0.318. The third kappa shape index (κ3) is 5.61. The molecule has 1 fully saturated rings. The van der Waals surface area contributed by atoms with Gasteiger partial charge in [-0.15, -0.1) is 0 Å². The van der Waals surface area contributed by atoms with Gasteiger partial charge in [0.2, 0.25) is 0 Å². The molecule has 1 aliphatic heterocycles. The monoisotopic (exact) mass is 432 g/mol. The quantitative estimate of drug-likeness (QED) is 0.582. The molecule has 2 N–H and O–H groups in total. The van der Waals surface area contributed by atoms with Gasteiger partial charge in [-0.2, -0.15) is 0 Å². The predicted molar refractivity (Wildman–Crippen MR) is 121 cm³/mol. The summed E-state index contributed by atoms with van der Waals surface area (Å²) in [7, 11) is 1.61. The van der Waals surface area contributed by atoms with Gasteiger partial charge in [0.05, 0.1) is 18.6 Å². The molecule has 1 amide bonds. The smallest absolute Gasteiger partial charge is 0.260 e. The van der Waals surface area contributed by atoms with E-state index in [2.05, 4.69) is 24.5 Å². The number of hydrogen-bond acceptors (Lipinski definition) is 5. The number of thioether (sulfide) groups is 1. The SMILES string of the molecule is COc1cc(/C=C2\SC(Nc3cc(Cl)ccc3C)NC2=O)ccc1OCC(C)C. The third-order valence-electron chi connectivity index (χ3n) is 4.27. The number of carbonyl (C=O) groups excluding carboxylic acids is 1. The van der Waals surface area contributed by atoms with Gasteiger partial charge in [-0.3, -0.25) is 4.79 Å². The van der Waals surface area contributed by atoms with Crippen molar-refractivity contribution in [2.45, 2.75) is 26.3 Å². The summed E-state index contributed by atoms with van der Waals surface area (Å²) in [6, 6.07) is 11.3. The summed E-state index contributed by atoms with van der Waals surface area (Å²) in [5.41, 5.74) is 2.56. The first-order valence-electron chi connectivity index (χ1n) is 9.38. The number of hydrogen-bond donors (Lipinski definition) is 2. The topological polar surface area (TPSA) is 59.6 Å². The Labute approximate surface area is 180 Å². The van der Waals surface area contributed by atoms with Gasteiger partial charge in [-0.1, -0.05) is 49.3 Å². The summed E-state index contributed by atoms with van der Waals surface area (Å²) in [6.07, 6.45) is 1.85. The van der Waals surface area contributed by atoms with E-state index in [0.717, 1.165) is 16.8 Å². The molecule has 3 rings (SSSR count). The van der Waals surface area contributed by atoms with Gasteiger partial charge in [0.1, 0.15) is 0 Å². The molecule has 1 heterocycles. The maximum atomic E-state index is 12.4. The third-order valence-corrected chi connectivity index (χ3v) is 5.54. The highest BCUT2D eigenvalue weighted by Gasteiger charge is 2.27. The van der Waals surface area contributed by atoms with Gasteiger partial charge < -0.3 is 20.1 Å². The molecule has 29 heavy (non-hydrogen) atoms. The number of ether oxygens (including phenoxy) is 2. The van der Waals surface area contributed by atoms with Crippen LogP contribution in [0.1, 0.15) is 25.0 Å². The van der Waals surface area contributed by atoms with Crippen molar-refractivity contribution in [3.63, 3.8) is 0 Å². The summed E-state index contributed by atoms with van der Waals surface area (Å²) in [5.74, 6) is 1.65. The normalized spacial score (nSPS) is 17.5. The van der Waals surface area contributed by atoms with Crippen molar-refractivity contribution in [1.29, 1.82) is 0 Å². The minimum atomic E-state index is -0.263. The summed E-state index contributed by atoms with van der Waals surface area (Å²) >= 11 is 7.51. The number of benzene rings is 2. The van der Waals surface area contributed by atoms with Crippen LogP contribution in [0, 0.1) is 12.8 Å². The van der Waals surface area contributed by atoms with Gasteiger partial charge in [-0.05, 0) is 54.3 Å². The first-order chi connectivity index (χ1) is 13.9. The molecule has 1 aliphatic rings. The molecule has 0 radical (unpaired) electrons. The number of aryl methyl sites for hydroxylation is 1. The minimum Gasteiger partial charge on any atom is -0.493 e. The predicted octanol–water partition coefficient (Wildman–Crippen LogP) is 5.29. The number of anilines is 1. The zero-order valence-electron chi connectivity index (χ0n) is 16.9. The molecule has 2 aromatic rings.